The van der Waals surface area contributed by atoms with E-state index in [-0.39, 0.29) is 5.56 Å². The summed E-state index contributed by atoms with van der Waals surface area (Å²) in [5.41, 5.74) is 1.81. The summed E-state index contributed by atoms with van der Waals surface area (Å²) in [5, 5.41) is 8.27. The van der Waals surface area contributed by atoms with E-state index in [4.69, 9.17) is 0 Å². The molecule has 0 unspecified atom stereocenters. The summed E-state index contributed by atoms with van der Waals surface area (Å²) in [5.74, 6) is 0.588. The molecule has 106 valence electrons. The number of nitrogens with zero attached hydrogens (tertiary/aromatic N) is 3. The van der Waals surface area contributed by atoms with E-state index in [0.717, 1.165) is 11.1 Å². The summed E-state index contributed by atoms with van der Waals surface area (Å²) >= 11 is 1.36. The lowest BCUT2D eigenvalue weighted by atomic mass is 10.2. The molecule has 0 aliphatic heterocycles. The molecule has 0 aliphatic carbocycles. The van der Waals surface area contributed by atoms with Crippen molar-refractivity contribution in [2.24, 2.45) is 0 Å². The lowest BCUT2D eigenvalue weighted by Crippen LogP contribution is -2.23. The van der Waals surface area contributed by atoms with Crippen LogP contribution in [0.1, 0.15) is 5.56 Å². The van der Waals surface area contributed by atoms with Gasteiger partial charge in [0.25, 0.3) is 5.56 Å². The van der Waals surface area contributed by atoms with E-state index >= 15 is 0 Å². The summed E-state index contributed by atoms with van der Waals surface area (Å²) in [6.45, 7) is 0. The summed E-state index contributed by atoms with van der Waals surface area (Å²) in [6, 6.07) is 19.4. The fraction of sp³-hybridized carbons (Fsp3) is 0. The van der Waals surface area contributed by atoms with Crippen molar-refractivity contribution in [1.82, 2.24) is 14.6 Å². The highest BCUT2D eigenvalue weighted by molar-refractivity contribution is 7.15. The van der Waals surface area contributed by atoms with Crippen molar-refractivity contribution in [3.63, 3.8) is 0 Å². The molecule has 0 spiro atoms. The lowest BCUT2D eigenvalue weighted by molar-refractivity contribution is 1.09. The van der Waals surface area contributed by atoms with E-state index < -0.39 is 0 Å². The normalized spacial score (nSPS) is 12.1. The SMILES string of the molecule is O=c1c(=Cc2ccccc2)sc2nnc(-c3ccccc3)n12. The average Bonchev–Trinajstić information content (AvgIpc) is 3.11. The highest BCUT2D eigenvalue weighted by Gasteiger charge is 2.13. The number of fused-ring (bicyclic) bond motifs is 1. The van der Waals surface area contributed by atoms with Gasteiger partial charge in [-0.05, 0) is 11.6 Å². The second-order valence-corrected chi connectivity index (χ2v) is 5.84. The van der Waals surface area contributed by atoms with E-state index in [1.54, 1.807) is 4.40 Å². The Morgan fingerprint density at radius 3 is 2.32 bits per heavy atom. The van der Waals surface area contributed by atoms with Gasteiger partial charge >= 0.3 is 0 Å². The van der Waals surface area contributed by atoms with Crippen LogP contribution in [-0.4, -0.2) is 14.6 Å². The molecule has 0 amide bonds. The van der Waals surface area contributed by atoms with Gasteiger partial charge in [-0.15, -0.1) is 10.2 Å². The van der Waals surface area contributed by atoms with E-state index in [1.165, 1.54) is 11.3 Å². The van der Waals surface area contributed by atoms with Crippen LogP contribution in [0.2, 0.25) is 0 Å². The van der Waals surface area contributed by atoms with Gasteiger partial charge in [-0.1, -0.05) is 72.0 Å². The van der Waals surface area contributed by atoms with Crippen molar-refractivity contribution in [3.8, 4) is 11.4 Å². The molecule has 0 bridgehead atoms. The average molecular weight is 305 g/mol. The van der Waals surface area contributed by atoms with E-state index in [9.17, 15) is 4.79 Å². The molecular formula is C17H11N3OS. The van der Waals surface area contributed by atoms with Gasteiger partial charge in [0.1, 0.15) is 0 Å². The maximum Gasteiger partial charge on any atom is 0.276 e. The van der Waals surface area contributed by atoms with Gasteiger partial charge in [0.2, 0.25) is 4.96 Å². The Hall–Kier alpha value is -2.79. The summed E-state index contributed by atoms with van der Waals surface area (Å²) < 4.78 is 2.24. The fourth-order valence-corrected chi connectivity index (χ4v) is 3.25. The molecule has 4 aromatic rings. The molecule has 2 aromatic heterocycles. The Morgan fingerprint density at radius 2 is 1.59 bits per heavy atom. The number of hydrogen-bond donors (Lipinski definition) is 0. The Labute approximate surface area is 130 Å². The maximum atomic E-state index is 12.7. The van der Waals surface area contributed by atoms with Gasteiger partial charge in [-0.2, -0.15) is 0 Å². The Morgan fingerprint density at radius 1 is 0.909 bits per heavy atom. The summed E-state index contributed by atoms with van der Waals surface area (Å²) in [4.78, 5) is 13.3. The third-order valence-electron chi connectivity index (χ3n) is 3.38. The van der Waals surface area contributed by atoms with Gasteiger partial charge in [0, 0.05) is 5.56 Å². The lowest BCUT2D eigenvalue weighted by Gasteiger charge is -1.94. The molecule has 0 radical (unpaired) electrons. The van der Waals surface area contributed by atoms with Gasteiger partial charge < -0.3 is 0 Å². The van der Waals surface area contributed by atoms with Crippen LogP contribution >= 0.6 is 11.3 Å². The molecule has 0 N–H and O–H groups in total. The molecule has 4 nitrogen and oxygen atoms in total. The number of thiazole rings is 1. The van der Waals surface area contributed by atoms with Crippen LogP contribution in [0.5, 0.6) is 0 Å². The van der Waals surface area contributed by atoms with Crippen LogP contribution < -0.4 is 10.1 Å². The second kappa shape index (κ2) is 5.20. The Balaban J connectivity index is 1.95. The molecule has 0 saturated heterocycles. The standard InChI is InChI=1S/C17H11N3OS/c21-16-14(11-12-7-3-1-4-8-12)22-17-19-18-15(20(16)17)13-9-5-2-6-10-13/h1-11H. The number of hydrogen-bond acceptors (Lipinski definition) is 4. The minimum absolute atomic E-state index is 0.0762. The second-order valence-electron chi connectivity index (χ2n) is 4.83. The van der Waals surface area contributed by atoms with Crippen LogP contribution in [0.15, 0.2) is 65.5 Å². The molecule has 0 atom stereocenters. The molecule has 2 heterocycles. The van der Waals surface area contributed by atoms with E-state index in [2.05, 4.69) is 10.2 Å². The fourth-order valence-electron chi connectivity index (χ4n) is 2.34. The molecule has 0 aliphatic rings. The first-order chi connectivity index (χ1) is 10.8. The van der Waals surface area contributed by atoms with Crippen molar-refractivity contribution >= 4 is 22.4 Å². The minimum Gasteiger partial charge on any atom is -0.267 e. The quantitative estimate of drug-likeness (QED) is 0.571. The highest BCUT2D eigenvalue weighted by atomic mass is 32.1. The van der Waals surface area contributed by atoms with Crippen molar-refractivity contribution in [3.05, 3.63) is 81.1 Å². The third-order valence-corrected chi connectivity index (χ3v) is 4.34. The minimum atomic E-state index is -0.0762. The smallest absolute Gasteiger partial charge is 0.267 e. The van der Waals surface area contributed by atoms with E-state index in [1.807, 2.05) is 66.7 Å². The Bertz CT molecular complexity index is 1040. The van der Waals surface area contributed by atoms with Crippen LogP contribution in [0.25, 0.3) is 22.4 Å². The Kier molecular flexibility index (Phi) is 3.05. The monoisotopic (exact) mass is 305 g/mol. The molecular weight excluding hydrogens is 294 g/mol. The first kappa shape index (κ1) is 12.9. The topological polar surface area (TPSA) is 47.3 Å². The number of rotatable bonds is 2. The number of aromatic nitrogens is 3. The first-order valence-electron chi connectivity index (χ1n) is 6.83. The zero-order chi connectivity index (χ0) is 14.9. The van der Waals surface area contributed by atoms with Gasteiger partial charge in [0.05, 0.1) is 4.53 Å². The van der Waals surface area contributed by atoms with E-state index in [0.29, 0.717) is 15.3 Å². The maximum absolute atomic E-state index is 12.7. The van der Waals surface area contributed by atoms with Crippen molar-refractivity contribution in [1.29, 1.82) is 0 Å². The highest BCUT2D eigenvalue weighted by Crippen LogP contribution is 2.17. The molecule has 2 aromatic carbocycles. The van der Waals surface area contributed by atoms with Crippen molar-refractivity contribution < 1.29 is 0 Å². The van der Waals surface area contributed by atoms with Crippen molar-refractivity contribution in [2.75, 3.05) is 0 Å². The largest absolute Gasteiger partial charge is 0.276 e. The van der Waals surface area contributed by atoms with Crippen LogP contribution in [0.3, 0.4) is 0 Å². The predicted octanol–water partition coefficient (Wildman–Crippen LogP) is 2.37. The third kappa shape index (κ3) is 2.12. The van der Waals surface area contributed by atoms with Crippen LogP contribution in [0.4, 0.5) is 0 Å². The predicted molar refractivity (Wildman–Crippen MR) is 87.8 cm³/mol. The molecule has 0 fully saturated rings. The van der Waals surface area contributed by atoms with Crippen LogP contribution in [-0.2, 0) is 0 Å². The zero-order valence-corrected chi connectivity index (χ0v) is 12.3. The van der Waals surface area contributed by atoms with Gasteiger partial charge in [-0.3, -0.25) is 4.79 Å². The number of benzene rings is 2. The molecule has 4 rings (SSSR count). The van der Waals surface area contributed by atoms with Crippen molar-refractivity contribution in [2.45, 2.75) is 0 Å². The first-order valence-corrected chi connectivity index (χ1v) is 7.65. The summed E-state index contributed by atoms with van der Waals surface area (Å²) in [7, 11) is 0. The zero-order valence-electron chi connectivity index (χ0n) is 11.5. The van der Waals surface area contributed by atoms with Crippen LogP contribution in [0, 0.1) is 0 Å². The molecule has 0 saturated carbocycles. The van der Waals surface area contributed by atoms with Gasteiger partial charge in [0.15, 0.2) is 5.82 Å². The molecule has 22 heavy (non-hydrogen) atoms. The molecule has 5 heteroatoms. The summed E-state index contributed by atoms with van der Waals surface area (Å²) in [6.07, 6.45) is 1.89. The van der Waals surface area contributed by atoms with Gasteiger partial charge in [-0.25, -0.2) is 4.40 Å².